The standard InChI is InChI=1S/C47H36Cl2N4O6S/c1-23-31-19-27(49)12-18-37(31)60-42(23)35-22-38(51(3)50-35)53-44(57)34-21-32-29(40(47(34,2)46(53)59)33-20-26(48)11-17-36(33)54)15-16-30-39(32)45(58)52(43(30)56)28-13-9-25(10-14-28)41(55)24-7-5-4-6-8-24/h4-15,17-20,22,30,32,34,39-40,54H,16,21H2,1-3H3. The van der Waals surface area contributed by atoms with E-state index in [1.807, 2.05) is 37.3 Å². The highest BCUT2D eigenvalue weighted by Crippen LogP contribution is 2.64. The molecule has 2 aliphatic carbocycles. The maximum Gasteiger partial charge on any atom is 0.242 e. The summed E-state index contributed by atoms with van der Waals surface area (Å²) in [5.41, 5.74) is 2.53. The van der Waals surface area contributed by atoms with Crippen LogP contribution >= 0.6 is 34.5 Å². The van der Waals surface area contributed by atoms with E-state index in [9.17, 15) is 24.3 Å². The minimum absolute atomic E-state index is 0.101. The zero-order chi connectivity index (χ0) is 41.9. The third kappa shape index (κ3) is 5.52. The summed E-state index contributed by atoms with van der Waals surface area (Å²) in [6.45, 7) is 3.75. The number of anilines is 2. The van der Waals surface area contributed by atoms with Crippen LogP contribution in [-0.4, -0.2) is 44.3 Å². The molecule has 13 heteroatoms. The Morgan fingerprint density at radius 2 is 1.53 bits per heavy atom. The molecule has 0 spiro atoms. The average molecular weight is 856 g/mol. The Kier molecular flexibility index (Phi) is 8.84. The van der Waals surface area contributed by atoms with Crippen LogP contribution in [0.3, 0.4) is 0 Å². The topological polar surface area (TPSA) is 130 Å². The molecule has 2 aromatic heterocycles. The van der Waals surface area contributed by atoms with Gasteiger partial charge in [-0.1, -0.05) is 65.2 Å². The molecule has 3 fully saturated rings. The zero-order valence-electron chi connectivity index (χ0n) is 32.6. The number of aromatic hydroxyl groups is 1. The molecule has 1 saturated carbocycles. The maximum atomic E-state index is 15.2. The molecule has 4 heterocycles. The van der Waals surface area contributed by atoms with Crippen LogP contribution in [0.2, 0.25) is 10.0 Å². The van der Waals surface area contributed by atoms with Gasteiger partial charge in [0.25, 0.3) is 0 Å². The number of aromatic nitrogens is 2. The lowest BCUT2D eigenvalue weighted by molar-refractivity contribution is -0.131. The van der Waals surface area contributed by atoms with Crippen molar-refractivity contribution in [1.82, 2.24) is 9.78 Å². The van der Waals surface area contributed by atoms with Crippen LogP contribution in [0, 0.1) is 36.0 Å². The van der Waals surface area contributed by atoms with Gasteiger partial charge in [-0.25, -0.2) is 4.90 Å². The highest BCUT2D eigenvalue weighted by atomic mass is 35.5. The Morgan fingerprint density at radius 1 is 0.833 bits per heavy atom. The number of carbonyl (C=O) groups excluding carboxylic acids is 5. The monoisotopic (exact) mass is 854 g/mol. The van der Waals surface area contributed by atoms with Gasteiger partial charge in [0.1, 0.15) is 17.3 Å². The molecule has 10 rings (SSSR count). The number of phenolic OH excluding ortho intramolecular Hbond substituents is 1. The second-order valence-corrected chi connectivity index (χ2v) is 18.3. The van der Waals surface area contributed by atoms with Crippen molar-refractivity contribution >= 4 is 85.5 Å². The number of hydrogen-bond donors (Lipinski definition) is 1. The summed E-state index contributed by atoms with van der Waals surface area (Å²) >= 11 is 14.4. The molecule has 2 saturated heterocycles. The number of carbonyl (C=O) groups is 5. The lowest BCUT2D eigenvalue weighted by Gasteiger charge is -2.49. The molecule has 0 radical (unpaired) electrons. The number of fused-ring (bicyclic) bond motifs is 5. The number of phenols is 1. The molecule has 4 aromatic carbocycles. The van der Waals surface area contributed by atoms with Crippen molar-refractivity contribution in [2.24, 2.45) is 36.1 Å². The van der Waals surface area contributed by atoms with E-state index in [-0.39, 0.29) is 30.3 Å². The van der Waals surface area contributed by atoms with Crippen LogP contribution in [0.5, 0.6) is 5.75 Å². The van der Waals surface area contributed by atoms with E-state index in [1.165, 1.54) is 20.5 Å². The Hall–Kier alpha value is -5.88. The fourth-order valence-electron chi connectivity index (χ4n) is 10.3. The molecule has 4 aliphatic rings. The summed E-state index contributed by atoms with van der Waals surface area (Å²) in [5.74, 6) is -5.62. The summed E-state index contributed by atoms with van der Waals surface area (Å²) in [5, 5.41) is 18.2. The highest BCUT2D eigenvalue weighted by molar-refractivity contribution is 7.22. The van der Waals surface area contributed by atoms with Crippen LogP contribution in [0.1, 0.15) is 52.7 Å². The predicted molar refractivity (Wildman–Crippen MR) is 230 cm³/mol. The van der Waals surface area contributed by atoms with Gasteiger partial charge in [-0.15, -0.1) is 11.3 Å². The lowest BCUT2D eigenvalue weighted by atomic mass is 9.51. The summed E-state index contributed by atoms with van der Waals surface area (Å²) < 4.78 is 2.56. The first-order chi connectivity index (χ1) is 28.8. The van der Waals surface area contributed by atoms with Gasteiger partial charge in [-0.05, 0) is 104 Å². The first-order valence-electron chi connectivity index (χ1n) is 19.6. The van der Waals surface area contributed by atoms with Gasteiger partial charge >= 0.3 is 0 Å². The van der Waals surface area contributed by atoms with E-state index in [0.29, 0.717) is 49.5 Å². The third-order valence-corrected chi connectivity index (χ3v) is 15.0. The van der Waals surface area contributed by atoms with Gasteiger partial charge in [0.05, 0.1) is 33.7 Å². The summed E-state index contributed by atoms with van der Waals surface area (Å²) in [7, 11) is 1.69. The number of aryl methyl sites for hydroxylation is 2. The van der Waals surface area contributed by atoms with Gasteiger partial charge in [0, 0.05) is 50.5 Å². The normalized spacial score (nSPS) is 24.8. The number of benzene rings is 4. The minimum atomic E-state index is -1.41. The second-order valence-electron chi connectivity index (χ2n) is 16.3. The van der Waals surface area contributed by atoms with Crippen molar-refractivity contribution in [3.8, 4) is 16.3 Å². The highest BCUT2D eigenvalue weighted by Gasteiger charge is 2.68. The quantitative estimate of drug-likeness (QED) is 0.100. The lowest BCUT2D eigenvalue weighted by Crippen LogP contribution is -2.49. The number of nitrogens with zero attached hydrogens (tertiary/aromatic N) is 4. The van der Waals surface area contributed by atoms with E-state index in [2.05, 4.69) is 0 Å². The largest absolute Gasteiger partial charge is 0.508 e. The van der Waals surface area contributed by atoms with Crippen molar-refractivity contribution < 1.29 is 29.1 Å². The first-order valence-corrected chi connectivity index (χ1v) is 21.2. The molecular formula is C47H36Cl2N4O6S. The van der Waals surface area contributed by atoms with Crippen LogP contribution in [-0.2, 0) is 26.2 Å². The van der Waals surface area contributed by atoms with Crippen molar-refractivity contribution in [2.75, 3.05) is 9.80 Å². The molecule has 6 unspecified atom stereocenters. The first kappa shape index (κ1) is 38.3. The summed E-state index contributed by atoms with van der Waals surface area (Å²) in [4.78, 5) is 75.5. The van der Waals surface area contributed by atoms with Gasteiger partial charge in [0.2, 0.25) is 23.6 Å². The molecule has 300 valence electrons. The van der Waals surface area contributed by atoms with E-state index >= 15 is 4.79 Å². The smallest absolute Gasteiger partial charge is 0.242 e. The molecule has 10 nitrogen and oxygen atoms in total. The number of amides is 4. The molecule has 1 N–H and O–H groups in total. The number of thiophene rings is 1. The fraction of sp³-hybridized carbons (Fsp3) is 0.234. The molecule has 2 aliphatic heterocycles. The van der Waals surface area contributed by atoms with Crippen LogP contribution in [0.4, 0.5) is 11.5 Å². The molecular weight excluding hydrogens is 820 g/mol. The van der Waals surface area contributed by atoms with Gasteiger partial charge < -0.3 is 5.11 Å². The fourth-order valence-corrected chi connectivity index (χ4v) is 11.8. The van der Waals surface area contributed by atoms with E-state index < -0.39 is 52.7 Å². The minimum Gasteiger partial charge on any atom is -0.508 e. The van der Waals surface area contributed by atoms with E-state index in [4.69, 9.17) is 28.3 Å². The number of halogens is 2. The molecule has 60 heavy (non-hydrogen) atoms. The zero-order valence-corrected chi connectivity index (χ0v) is 34.9. The van der Waals surface area contributed by atoms with Crippen molar-refractivity contribution in [3.05, 3.63) is 141 Å². The number of rotatable bonds is 6. The Bertz CT molecular complexity index is 2900. The maximum absolute atomic E-state index is 15.2. The molecule has 4 amide bonds. The van der Waals surface area contributed by atoms with E-state index in [1.54, 1.807) is 92.0 Å². The second kappa shape index (κ2) is 13.8. The molecule has 6 aromatic rings. The summed E-state index contributed by atoms with van der Waals surface area (Å²) in [6, 6.07) is 27.4. The van der Waals surface area contributed by atoms with Crippen molar-refractivity contribution in [3.63, 3.8) is 0 Å². The van der Waals surface area contributed by atoms with Crippen LogP contribution in [0.15, 0.2) is 109 Å². The Morgan fingerprint density at radius 3 is 2.28 bits per heavy atom. The van der Waals surface area contributed by atoms with Crippen LogP contribution in [0.25, 0.3) is 20.7 Å². The number of imide groups is 2. The van der Waals surface area contributed by atoms with Gasteiger partial charge in [0.15, 0.2) is 5.78 Å². The van der Waals surface area contributed by atoms with Gasteiger partial charge in [-0.3, -0.25) is 33.6 Å². The Labute approximate surface area is 358 Å². The molecule has 6 atom stereocenters. The number of hydrogen-bond acceptors (Lipinski definition) is 8. The van der Waals surface area contributed by atoms with Crippen molar-refractivity contribution in [2.45, 2.75) is 32.6 Å². The summed E-state index contributed by atoms with van der Waals surface area (Å²) in [6.07, 6.45) is 2.27. The van der Waals surface area contributed by atoms with E-state index in [0.717, 1.165) is 20.5 Å². The SMILES string of the molecule is Cc1c(-c2cc(N3C(=O)C4CC5C(=CCC6C(=O)N(c7ccc(C(=O)c8ccccc8)cc7)C(=O)C65)C(c5cc(Cl)ccc5O)C4(C)C3=O)n(C)n2)sc2ccc(Cl)cc12. The average Bonchev–Trinajstić information content (AvgIpc) is 3.92. The van der Waals surface area contributed by atoms with Gasteiger partial charge in [-0.2, -0.15) is 5.10 Å². The third-order valence-electron chi connectivity index (χ3n) is 13.2. The molecule has 0 bridgehead atoms. The van der Waals surface area contributed by atoms with Crippen LogP contribution < -0.4 is 9.80 Å². The Balaban J connectivity index is 1.03. The number of allylic oxidation sites excluding steroid dienone is 2. The predicted octanol–water partition coefficient (Wildman–Crippen LogP) is 9.29. The number of ketones is 1. The van der Waals surface area contributed by atoms with Crippen molar-refractivity contribution in [1.29, 1.82) is 0 Å².